The van der Waals surface area contributed by atoms with Crippen LogP contribution in [0, 0.1) is 0 Å². The lowest BCUT2D eigenvalue weighted by molar-refractivity contribution is 0.432. The van der Waals surface area contributed by atoms with Crippen molar-refractivity contribution in [2.75, 3.05) is 7.05 Å². The molecule has 0 aliphatic rings. The van der Waals surface area contributed by atoms with Gasteiger partial charge in [-0.15, -0.1) is 0 Å². The van der Waals surface area contributed by atoms with Crippen LogP contribution in [0.25, 0.3) is 28.4 Å². The molecule has 0 spiro atoms. The lowest BCUT2D eigenvalue weighted by Crippen LogP contribution is -2.18. The highest BCUT2D eigenvalue weighted by atomic mass is 32.2. The number of sulfonamides is 1. The van der Waals surface area contributed by atoms with Crippen molar-refractivity contribution in [2.24, 2.45) is 0 Å². The molecule has 3 heterocycles. The highest BCUT2D eigenvalue weighted by Crippen LogP contribution is 2.27. The molecule has 8 nitrogen and oxygen atoms in total. The maximum atomic E-state index is 11.9. The van der Waals surface area contributed by atoms with E-state index in [4.69, 9.17) is 4.52 Å². The Hall–Kier alpha value is -3.04. The van der Waals surface area contributed by atoms with Gasteiger partial charge in [-0.3, -0.25) is 0 Å². The van der Waals surface area contributed by atoms with E-state index in [0.717, 1.165) is 11.1 Å². The van der Waals surface area contributed by atoms with E-state index in [1.54, 1.807) is 29.0 Å². The summed E-state index contributed by atoms with van der Waals surface area (Å²) in [5.74, 6) is 0.652. The molecule has 25 heavy (non-hydrogen) atoms. The lowest BCUT2D eigenvalue weighted by atomic mass is 10.2. The van der Waals surface area contributed by atoms with Crippen molar-refractivity contribution >= 4 is 15.5 Å². The van der Waals surface area contributed by atoms with Gasteiger partial charge in [0, 0.05) is 18.0 Å². The number of fused-ring (bicyclic) bond motifs is 1. The van der Waals surface area contributed by atoms with Gasteiger partial charge in [0.05, 0.1) is 16.0 Å². The predicted octanol–water partition coefficient (Wildman–Crippen LogP) is 1.96. The molecule has 1 N–H and O–H groups in total. The molecular formula is C16H13N5O3S. The standard InChI is InChI=1S/C16H13N5O3S/c1-17-25(22,23)12-5-2-4-11(10-12)15-19-16(24-20-15)13-7-9-21-14(13)6-3-8-18-21/h2-10,17H,1H3. The van der Waals surface area contributed by atoms with Crippen LogP contribution >= 0.6 is 0 Å². The Balaban J connectivity index is 1.76. The summed E-state index contributed by atoms with van der Waals surface area (Å²) in [5.41, 5.74) is 2.14. The fourth-order valence-electron chi connectivity index (χ4n) is 2.50. The number of nitrogens with one attached hydrogen (secondary N) is 1. The van der Waals surface area contributed by atoms with Crippen molar-refractivity contribution < 1.29 is 12.9 Å². The number of hydrogen-bond donors (Lipinski definition) is 1. The summed E-state index contributed by atoms with van der Waals surface area (Å²) in [6.07, 6.45) is 3.48. The molecule has 0 saturated heterocycles. The van der Waals surface area contributed by atoms with Crippen LogP contribution in [0.2, 0.25) is 0 Å². The van der Waals surface area contributed by atoms with Crippen LogP contribution in [0.4, 0.5) is 0 Å². The molecule has 126 valence electrons. The first-order chi connectivity index (χ1) is 12.1. The summed E-state index contributed by atoms with van der Waals surface area (Å²) in [6.45, 7) is 0. The normalized spacial score (nSPS) is 11.9. The highest BCUT2D eigenvalue weighted by Gasteiger charge is 2.17. The van der Waals surface area contributed by atoms with Crippen LogP contribution in [0.1, 0.15) is 0 Å². The second-order valence-electron chi connectivity index (χ2n) is 5.24. The lowest BCUT2D eigenvalue weighted by Gasteiger charge is -2.03. The first-order valence-electron chi connectivity index (χ1n) is 7.39. The van der Waals surface area contributed by atoms with Gasteiger partial charge in [-0.2, -0.15) is 10.1 Å². The molecule has 9 heteroatoms. The average Bonchev–Trinajstić information content (AvgIpc) is 3.28. The van der Waals surface area contributed by atoms with Crippen molar-refractivity contribution in [3.8, 4) is 22.8 Å². The first-order valence-corrected chi connectivity index (χ1v) is 8.87. The number of hydrogen-bond acceptors (Lipinski definition) is 6. The van der Waals surface area contributed by atoms with Crippen molar-refractivity contribution in [1.82, 2.24) is 24.5 Å². The molecule has 1 aromatic carbocycles. The Labute approximate surface area is 143 Å². The quantitative estimate of drug-likeness (QED) is 0.600. The van der Waals surface area contributed by atoms with Gasteiger partial charge >= 0.3 is 0 Å². The van der Waals surface area contributed by atoms with Crippen LogP contribution in [0.5, 0.6) is 0 Å². The monoisotopic (exact) mass is 355 g/mol. The Morgan fingerprint density at radius 2 is 2.04 bits per heavy atom. The van der Waals surface area contributed by atoms with E-state index in [9.17, 15) is 8.42 Å². The fraction of sp³-hybridized carbons (Fsp3) is 0.0625. The minimum absolute atomic E-state index is 0.136. The van der Waals surface area contributed by atoms with Gasteiger partial charge in [0.25, 0.3) is 5.89 Å². The van der Waals surface area contributed by atoms with Crippen molar-refractivity contribution in [2.45, 2.75) is 4.90 Å². The Morgan fingerprint density at radius 3 is 2.88 bits per heavy atom. The van der Waals surface area contributed by atoms with Crippen LogP contribution in [0.3, 0.4) is 0 Å². The first kappa shape index (κ1) is 15.5. The third kappa shape index (κ3) is 2.69. The topological polar surface area (TPSA) is 102 Å². The van der Waals surface area contributed by atoms with E-state index in [0.29, 0.717) is 17.3 Å². The molecule has 0 amide bonds. The average molecular weight is 355 g/mol. The summed E-state index contributed by atoms with van der Waals surface area (Å²) in [5, 5.41) is 8.16. The fourth-order valence-corrected chi connectivity index (χ4v) is 3.27. The summed E-state index contributed by atoms with van der Waals surface area (Å²) >= 11 is 0. The molecule has 4 aromatic rings. The van der Waals surface area contributed by atoms with Gasteiger partial charge in [-0.05, 0) is 37.4 Å². The summed E-state index contributed by atoms with van der Waals surface area (Å²) in [7, 11) is -2.18. The van der Waals surface area contributed by atoms with Crippen molar-refractivity contribution in [1.29, 1.82) is 0 Å². The second-order valence-corrected chi connectivity index (χ2v) is 7.13. The number of rotatable bonds is 4. The molecule has 0 atom stereocenters. The van der Waals surface area contributed by atoms with E-state index in [1.807, 2.05) is 18.2 Å². The van der Waals surface area contributed by atoms with Crippen molar-refractivity contribution in [3.63, 3.8) is 0 Å². The van der Waals surface area contributed by atoms with Gasteiger partial charge < -0.3 is 4.52 Å². The molecule has 0 aliphatic carbocycles. The summed E-state index contributed by atoms with van der Waals surface area (Å²) in [4.78, 5) is 4.52. The zero-order valence-electron chi connectivity index (χ0n) is 13.1. The SMILES string of the molecule is CNS(=O)(=O)c1cccc(-c2noc(-c3ccn4ncccc34)n2)c1. The largest absolute Gasteiger partial charge is 0.334 e. The highest BCUT2D eigenvalue weighted by molar-refractivity contribution is 7.89. The van der Waals surface area contributed by atoms with E-state index < -0.39 is 10.0 Å². The zero-order chi connectivity index (χ0) is 17.4. The Kier molecular flexibility index (Phi) is 3.59. The summed E-state index contributed by atoms with van der Waals surface area (Å²) in [6, 6.07) is 11.9. The molecule has 4 rings (SSSR count). The number of benzene rings is 1. The number of aromatic nitrogens is 4. The van der Waals surface area contributed by atoms with E-state index in [2.05, 4.69) is 20.0 Å². The molecule has 3 aromatic heterocycles. The van der Waals surface area contributed by atoms with E-state index in [1.165, 1.54) is 19.2 Å². The van der Waals surface area contributed by atoms with E-state index >= 15 is 0 Å². The molecule has 0 saturated carbocycles. The van der Waals surface area contributed by atoms with Gasteiger partial charge in [0.15, 0.2) is 0 Å². The Morgan fingerprint density at radius 1 is 1.16 bits per heavy atom. The maximum absolute atomic E-state index is 11.9. The predicted molar refractivity (Wildman–Crippen MR) is 90.2 cm³/mol. The van der Waals surface area contributed by atoms with Crippen LogP contribution in [-0.2, 0) is 10.0 Å². The molecule has 0 bridgehead atoms. The third-order valence-corrected chi connectivity index (χ3v) is 5.18. The van der Waals surface area contributed by atoms with Gasteiger partial charge in [-0.25, -0.2) is 17.7 Å². The van der Waals surface area contributed by atoms with Crippen LogP contribution in [0.15, 0.2) is 64.3 Å². The maximum Gasteiger partial charge on any atom is 0.260 e. The second kappa shape index (κ2) is 5.80. The van der Waals surface area contributed by atoms with Gasteiger partial charge in [0.1, 0.15) is 0 Å². The molecule has 0 radical (unpaired) electrons. The smallest absolute Gasteiger partial charge is 0.260 e. The van der Waals surface area contributed by atoms with Crippen LogP contribution < -0.4 is 4.72 Å². The molecule has 0 aliphatic heterocycles. The summed E-state index contributed by atoms with van der Waals surface area (Å²) < 4.78 is 33.2. The van der Waals surface area contributed by atoms with Crippen molar-refractivity contribution in [3.05, 3.63) is 54.9 Å². The third-order valence-electron chi connectivity index (χ3n) is 3.76. The van der Waals surface area contributed by atoms with Gasteiger partial charge in [-0.1, -0.05) is 17.3 Å². The van der Waals surface area contributed by atoms with Gasteiger partial charge in [0.2, 0.25) is 15.8 Å². The minimum atomic E-state index is -3.54. The van der Waals surface area contributed by atoms with Crippen LogP contribution in [-0.4, -0.2) is 35.2 Å². The molecule has 0 fully saturated rings. The molecule has 0 unspecified atom stereocenters. The zero-order valence-corrected chi connectivity index (χ0v) is 13.9. The molecular weight excluding hydrogens is 342 g/mol. The van der Waals surface area contributed by atoms with E-state index in [-0.39, 0.29) is 4.90 Å². The minimum Gasteiger partial charge on any atom is -0.334 e. The Bertz CT molecular complexity index is 1160. The number of nitrogens with zero attached hydrogens (tertiary/aromatic N) is 4.